The fraction of sp³-hybridized carbons (Fsp3) is 0.111. The Morgan fingerprint density at radius 1 is 1.36 bits per heavy atom. The molecule has 0 aromatic rings. The predicted molar refractivity (Wildman–Crippen MR) is 45.2 cm³/mol. The lowest BCUT2D eigenvalue weighted by Gasteiger charge is -2.14. The Hall–Kier alpha value is -2.13. The summed E-state index contributed by atoms with van der Waals surface area (Å²) < 4.78 is 0. The van der Waals surface area contributed by atoms with Gasteiger partial charge in [-0.2, -0.15) is 0 Å². The highest BCUT2D eigenvalue weighted by Gasteiger charge is 2.31. The predicted octanol–water partition coefficient (Wildman–Crippen LogP) is 0.0260. The first kappa shape index (κ1) is 9.95. The van der Waals surface area contributed by atoms with Gasteiger partial charge < -0.3 is 10.2 Å². The first-order valence-corrected chi connectivity index (χ1v) is 3.67. The standard InChI is InChI=1S/C9H6O5/c10-4-5-2-1-3-6(8(11)12)7(5)9(13)14/h1-3,7H,(H,11,12)(H,13,14). The van der Waals surface area contributed by atoms with Gasteiger partial charge in [-0.15, -0.1) is 0 Å². The largest absolute Gasteiger partial charge is 0.481 e. The van der Waals surface area contributed by atoms with Crippen molar-refractivity contribution >= 4 is 17.9 Å². The van der Waals surface area contributed by atoms with Gasteiger partial charge >= 0.3 is 11.9 Å². The molecule has 1 aliphatic carbocycles. The number of carboxylic acid groups (broad SMARTS) is 2. The van der Waals surface area contributed by atoms with Crippen molar-refractivity contribution in [3.05, 3.63) is 29.4 Å². The lowest BCUT2D eigenvalue weighted by molar-refractivity contribution is -0.142. The van der Waals surface area contributed by atoms with Crippen molar-refractivity contribution in [2.75, 3.05) is 0 Å². The fourth-order valence-electron chi connectivity index (χ4n) is 1.17. The molecule has 0 heterocycles. The highest BCUT2D eigenvalue weighted by Crippen LogP contribution is 2.24. The molecule has 0 bridgehead atoms. The number of allylic oxidation sites excluding steroid dienone is 3. The van der Waals surface area contributed by atoms with Crippen LogP contribution in [0.3, 0.4) is 0 Å². The van der Waals surface area contributed by atoms with E-state index in [1.54, 1.807) is 0 Å². The molecule has 0 spiro atoms. The second-order valence-electron chi connectivity index (χ2n) is 2.61. The van der Waals surface area contributed by atoms with E-state index in [0.29, 0.717) is 0 Å². The monoisotopic (exact) mass is 194 g/mol. The van der Waals surface area contributed by atoms with Crippen LogP contribution in [0.25, 0.3) is 0 Å². The van der Waals surface area contributed by atoms with Gasteiger partial charge in [-0.05, 0) is 6.08 Å². The van der Waals surface area contributed by atoms with Crippen molar-refractivity contribution in [2.45, 2.75) is 0 Å². The number of rotatable bonds is 2. The summed E-state index contributed by atoms with van der Waals surface area (Å²) in [5.41, 5.74) is -0.518. The maximum Gasteiger partial charge on any atom is 0.332 e. The van der Waals surface area contributed by atoms with Crippen LogP contribution in [0.4, 0.5) is 0 Å². The van der Waals surface area contributed by atoms with Crippen LogP contribution in [0, 0.1) is 5.92 Å². The fourth-order valence-corrected chi connectivity index (χ4v) is 1.17. The third-order valence-electron chi connectivity index (χ3n) is 1.79. The normalized spacial score (nSPS) is 19.9. The van der Waals surface area contributed by atoms with Crippen LogP contribution in [0.1, 0.15) is 0 Å². The minimum absolute atomic E-state index is 0.183. The van der Waals surface area contributed by atoms with Crippen molar-refractivity contribution < 1.29 is 24.6 Å². The third kappa shape index (κ3) is 1.62. The zero-order valence-corrected chi connectivity index (χ0v) is 6.93. The maximum atomic E-state index is 10.7. The van der Waals surface area contributed by atoms with Crippen LogP contribution in [0.2, 0.25) is 0 Å². The Morgan fingerprint density at radius 3 is 2.43 bits per heavy atom. The zero-order chi connectivity index (χ0) is 10.7. The van der Waals surface area contributed by atoms with Gasteiger partial charge in [-0.3, -0.25) is 4.79 Å². The molecule has 0 saturated carbocycles. The van der Waals surface area contributed by atoms with Crippen molar-refractivity contribution in [2.24, 2.45) is 5.92 Å². The number of carbonyl (C=O) groups is 2. The topological polar surface area (TPSA) is 91.7 Å². The number of hydrogen-bond donors (Lipinski definition) is 2. The molecular formula is C9H6O5. The van der Waals surface area contributed by atoms with Crippen LogP contribution < -0.4 is 0 Å². The Balaban J connectivity index is 3.23. The molecule has 1 aliphatic rings. The minimum atomic E-state index is -1.42. The van der Waals surface area contributed by atoms with E-state index in [4.69, 9.17) is 10.2 Å². The van der Waals surface area contributed by atoms with E-state index in [2.05, 4.69) is 0 Å². The first-order valence-electron chi connectivity index (χ1n) is 3.67. The number of hydrogen-bond acceptors (Lipinski definition) is 3. The van der Waals surface area contributed by atoms with Crippen LogP contribution in [0.5, 0.6) is 0 Å². The molecule has 0 radical (unpaired) electrons. The average Bonchev–Trinajstić information content (AvgIpc) is 2.16. The van der Waals surface area contributed by atoms with Crippen LogP contribution in [-0.4, -0.2) is 28.1 Å². The van der Waals surface area contributed by atoms with Gasteiger partial charge in [0.25, 0.3) is 0 Å². The van der Waals surface area contributed by atoms with Gasteiger partial charge in [0.15, 0.2) is 0 Å². The number of aliphatic carboxylic acids is 2. The Bertz CT molecular complexity index is 395. The Labute approximate surface area is 78.7 Å². The van der Waals surface area contributed by atoms with Crippen molar-refractivity contribution in [3.63, 3.8) is 0 Å². The number of carbonyl (C=O) groups excluding carboxylic acids is 1. The molecule has 14 heavy (non-hydrogen) atoms. The van der Waals surface area contributed by atoms with E-state index in [1.165, 1.54) is 18.1 Å². The molecule has 1 atom stereocenters. The molecule has 0 aromatic heterocycles. The summed E-state index contributed by atoms with van der Waals surface area (Å²) in [5, 5.41) is 17.4. The second kappa shape index (κ2) is 3.72. The van der Waals surface area contributed by atoms with Crippen molar-refractivity contribution in [1.29, 1.82) is 0 Å². The van der Waals surface area contributed by atoms with E-state index in [-0.39, 0.29) is 11.1 Å². The average molecular weight is 194 g/mol. The van der Waals surface area contributed by atoms with Gasteiger partial charge in [-0.1, -0.05) is 12.2 Å². The van der Waals surface area contributed by atoms with Gasteiger partial charge in [0.2, 0.25) is 0 Å². The summed E-state index contributed by atoms with van der Waals surface area (Å²) >= 11 is 0. The molecule has 5 nitrogen and oxygen atoms in total. The van der Waals surface area contributed by atoms with Crippen LogP contribution in [-0.2, 0) is 14.4 Å². The molecule has 0 fully saturated rings. The van der Waals surface area contributed by atoms with E-state index in [1.807, 2.05) is 0 Å². The summed E-state index contributed by atoms with van der Waals surface area (Å²) in [5.74, 6) is -2.73. The summed E-state index contributed by atoms with van der Waals surface area (Å²) in [4.78, 5) is 31.7. The Morgan fingerprint density at radius 2 is 2.00 bits per heavy atom. The van der Waals surface area contributed by atoms with Gasteiger partial charge in [0.05, 0.1) is 11.1 Å². The lowest BCUT2D eigenvalue weighted by Crippen LogP contribution is -2.24. The van der Waals surface area contributed by atoms with Gasteiger partial charge in [0, 0.05) is 0 Å². The molecule has 0 aromatic carbocycles. The summed E-state index contributed by atoms with van der Waals surface area (Å²) in [6, 6.07) is 0. The molecule has 0 saturated heterocycles. The molecular weight excluding hydrogens is 188 g/mol. The van der Waals surface area contributed by atoms with E-state index in [9.17, 15) is 14.4 Å². The van der Waals surface area contributed by atoms with Gasteiger partial charge in [0.1, 0.15) is 11.9 Å². The van der Waals surface area contributed by atoms with E-state index in [0.717, 1.165) is 6.08 Å². The molecule has 5 heteroatoms. The SMILES string of the molecule is O=C=C1C=CC=C(C(=O)O)C1C(=O)O. The maximum absolute atomic E-state index is 10.7. The quantitative estimate of drug-likeness (QED) is 0.605. The van der Waals surface area contributed by atoms with E-state index >= 15 is 0 Å². The summed E-state index contributed by atoms with van der Waals surface area (Å²) in [7, 11) is 0. The molecule has 72 valence electrons. The molecule has 0 aliphatic heterocycles. The smallest absolute Gasteiger partial charge is 0.332 e. The first-order chi connectivity index (χ1) is 6.57. The zero-order valence-electron chi connectivity index (χ0n) is 6.93. The third-order valence-corrected chi connectivity index (χ3v) is 1.79. The van der Waals surface area contributed by atoms with Crippen LogP contribution >= 0.6 is 0 Å². The number of carboxylic acids is 2. The van der Waals surface area contributed by atoms with Crippen LogP contribution in [0.15, 0.2) is 29.4 Å². The minimum Gasteiger partial charge on any atom is -0.481 e. The van der Waals surface area contributed by atoms with E-state index < -0.39 is 17.9 Å². The summed E-state index contributed by atoms with van der Waals surface area (Å²) in [6.07, 6.45) is 3.70. The lowest BCUT2D eigenvalue weighted by atomic mass is 9.88. The molecule has 1 unspecified atom stereocenters. The highest BCUT2D eigenvalue weighted by molar-refractivity contribution is 5.98. The molecule has 0 amide bonds. The second-order valence-corrected chi connectivity index (χ2v) is 2.61. The highest BCUT2D eigenvalue weighted by atomic mass is 16.4. The van der Waals surface area contributed by atoms with Crippen molar-refractivity contribution in [3.8, 4) is 0 Å². The van der Waals surface area contributed by atoms with Gasteiger partial charge in [-0.25, -0.2) is 9.59 Å². The molecule has 2 N–H and O–H groups in total. The Kier molecular flexibility index (Phi) is 2.65. The summed E-state index contributed by atoms with van der Waals surface area (Å²) in [6.45, 7) is 0. The molecule has 1 rings (SSSR count). The van der Waals surface area contributed by atoms with Crippen molar-refractivity contribution in [1.82, 2.24) is 0 Å².